The lowest BCUT2D eigenvalue weighted by molar-refractivity contribution is 0.386. The number of hydrogen-bond donors (Lipinski definition) is 2. The molecule has 0 saturated carbocycles. The molecular formula is C19H32N2. The third kappa shape index (κ3) is 5.12. The SMILES string of the molecule is CCCCCCCC(CC1CCCc2ccccc21)NN. The monoisotopic (exact) mass is 288 g/mol. The van der Waals surface area contributed by atoms with Crippen LogP contribution in [0.1, 0.15) is 81.8 Å². The Labute approximate surface area is 130 Å². The van der Waals surface area contributed by atoms with Crippen LogP contribution in [0.3, 0.4) is 0 Å². The molecule has 118 valence electrons. The van der Waals surface area contributed by atoms with Crippen LogP contribution in [0, 0.1) is 0 Å². The molecule has 3 N–H and O–H groups in total. The highest BCUT2D eigenvalue weighted by Gasteiger charge is 2.22. The topological polar surface area (TPSA) is 38.0 Å². The first-order chi connectivity index (χ1) is 10.3. The summed E-state index contributed by atoms with van der Waals surface area (Å²) in [5.41, 5.74) is 6.21. The van der Waals surface area contributed by atoms with Gasteiger partial charge in [0.1, 0.15) is 0 Å². The van der Waals surface area contributed by atoms with Crippen LogP contribution in [0.15, 0.2) is 24.3 Å². The van der Waals surface area contributed by atoms with E-state index < -0.39 is 0 Å². The van der Waals surface area contributed by atoms with Crippen molar-refractivity contribution < 1.29 is 0 Å². The molecule has 0 heterocycles. The minimum atomic E-state index is 0.475. The van der Waals surface area contributed by atoms with Crippen LogP contribution in [0.5, 0.6) is 0 Å². The number of nitrogens with one attached hydrogen (secondary N) is 1. The van der Waals surface area contributed by atoms with E-state index in [4.69, 9.17) is 5.84 Å². The van der Waals surface area contributed by atoms with Crippen molar-refractivity contribution in [3.63, 3.8) is 0 Å². The number of unbranched alkanes of at least 4 members (excludes halogenated alkanes) is 4. The molecule has 2 rings (SSSR count). The van der Waals surface area contributed by atoms with E-state index in [2.05, 4.69) is 36.6 Å². The fourth-order valence-corrected chi connectivity index (χ4v) is 3.71. The van der Waals surface area contributed by atoms with Gasteiger partial charge >= 0.3 is 0 Å². The van der Waals surface area contributed by atoms with Crippen LogP contribution < -0.4 is 11.3 Å². The zero-order valence-electron chi connectivity index (χ0n) is 13.6. The summed E-state index contributed by atoms with van der Waals surface area (Å²) in [7, 11) is 0. The van der Waals surface area contributed by atoms with Crippen LogP contribution in [0.25, 0.3) is 0 Å². The molecule has 0 aliphatic heterocycles. The van der Waals surface area contributed by atoms with Crippen LogP contribution in [0.4, 0.5) is 0 Å². The average molecular weight is 288 g/mol. The van der Waals surface area contributed by atoms with Crippen LogP contribution in [0.2, 0.25) is 0 Å². The zero-order valence-corrected chi connectivity index (χ0v) is 13.6. The molecule has 1 aliphatic carbocycles. The molecule has 0 amide bonds. The molecule has 0 fully saturated rings. The van der Waals surface area contributed by atoms with Gasteiger partial charge in [0.05, 0.1) is 0 Å². The van der Waals surface area contributed by atoms with Gasteiger partial charge in [-0.3, -0.25) is 11.3 Å². The molecule has 1 aromatic rings. The predicted molar refractivity (Wildman–Crippen MR) is 91.2 cm³/mol. The highest BCUT2D eigenvalue weighted by atomic mass is 15.2. The number of nitrogens with two attached hydrogens (primary N) is 1. The Balaban J connectivity index is 1.82. The molecule has 0 saturated heterocycles. The van der Waals surface area contributed by atoms with Gasteiger partial charge in [-0.1, -0.05) is 63.3 Å². The van der Waals surface area contributed by atoms with Gasteiger partial charge in [-0.2, -0.15) is 0 Å². The molecule has 2 atom stereocenters. The van der Waals surface area contributed by atoms with Gasteiger partial charge in [0, 0.05) is 6.04 Å². The minimum absolute atomic E-state index is 0.475. The Hall–Kier alpha value is -0.860. The molecular weight excluding hydrogens is 256 g/mol. The lowest BCUT2D eigenvalue weighted by Crippen LogP contribution is -2.36. The molecule has 0 spiro atoms. The van der Waals surface area contributed by atoms with E-state index in [1.165, 1.54) is 64.2 Å². The van der Waals surface area contributed by atoms with E-state index in [0.29, 0.717) is 12.0 Å². The largest absolute Gasteiger partial charge is 0.271 e. The summed E-state index contributed by atoms with van der Waals surface area (Å²) < 4.78 is 0. The number of hydrogen-bond acceptors (Lipinski definition) is 2. The maximum Gasteiger partial charge on any atom is 0.0216 e. The van der Waals surface area contributed by atoms with Crippen molar-refractivity contribution in [2.75, 3.05) is 0 Å². The van der Waals surface area contributed by atoms with E-state index in [1.54, 1.807) is 11.1 Å². The number of rotatable bonds is 9. The maximum atomic E-state index is 5.80. The van der Waals surface area contributed by atoms with Crippen LogP contribution in [-0.4, -0.2) is 6.04 Å². The Morgan fingerprint density at radius 1 is 1.19 bits per heavy atom. The molecule has 21 heavy (non-hydrogen) atoms. The average Bonchev–Trinajstić information content (AvgIpc) is 2.53. The molecule has 1 aromatic carbocycles. The zero-order chi connectivity index (χ0) is 14.9. The molecule has 0 bridgehead atoms. The van der Waals surface area contributed by atoms with Gasteiger partial charge < -0.3 is 0 Å². The lowest BCUT2D eigenvalue weighted by Gasteiger charge is -2.29. The minimum Gasteiger partial charge on any atom is -0.271 e. The highest BCUT2D eigenvalue weighted by molar-refractivity contribution is 5.32. The van der Waals surface area contributed by atoms with Gasteiger partial charge in [-0.15, -0.1) is 0 Å². The van der Waals surface area contributed by atoms with Crippen LogP contribution in [-0.2, 0) is 6.42 Å². The Bertz CT molecular complexity index is 402. The van der Waals surface area contributed by atoms with Gasteiger partial charge in [0.15, 0.2) is 0 Å². The van der Waals surface area contributed by atoms with E-state index in [0.717, 1.165) is 0 Å². The van der Waals surface area contributed by atoms with Crippen molar-refractivity contribution in [2.24, 2.45) is 5.84 Å². The molecule has 2 unspecified atom stereocenters. The predicted octanol–water partition coefficient (Wildman–Crippen LogP) is 4.69. The summed E-state index contributed by atoms with van der Waals surface area (Å²) in [6, 6.07) is 9.47. The number of fused-ring (bicyclic) bond motifs is 1. The van der Waals surface area contributed by atoms with Crippen molar-refractivity contribution in [2.45, 2.75) is 83.1 Å². The summed E-state index contributed by atoms with van der Waals surface area (Å²) >= 11 is 0. The third-order valence-corrected chi connectivity index (χ3v) is 4.95. The van der Waals surface area contributed by atoms with Gasteiger partial charge in [0.2, 0.25) is 0 Å². The van der Waals surface area contributed by atoms with Gasteiger partial charge in [-0.25, -0.2) is 0 Å². The Morgan fingerprint density at radius 2 is 2.00 bits per heavy atom. The number of hydrazine groups is 1. The fraction of sp³-hybridized carbons (Fsp3) is 0.684. The number of benzene rings is 1. The van der Waals surface area contributed by atoms with E-state index in [-0.39, 0.29) is 0 Å². The van der Waals surface area contributed by atoms with Crippen molar-refractivity contribution in [1.29, 1.82) is 0 Å². The third-order valence-electron chi connectivity index (χ3n) is 4.95. The van der Waals surface area contributed by atoms with Crippen LogP contribution >= 0.6 is 0 Å². The smallest absolute Gasteiger partial charge is 0.0216 e. The van der Waals surface area contributed by atoms with Crippen molar-refractivity contribution >= 4 is 0 Å². The van der Waals surface area contributed by atoms with E-state index >= 15 is 0 Å². The second kappa shape index (κ2) is 9.22. The highest BCUT2D eigenvalue weighted by Crippen LogP contribution is 2.35. The fourth-order valence-electron chi connectivity index (χ4n) is 3.71. The van der Waals surface area contributed by atoms with Gasteiger partial charge in [0.25, 0.3) is 0 Å². The molecule has 0 aromatic heterocycles. The summed E-state index contributed by atoms with van der Waals surface area (Å²) in [5, 5.41) is 0. The summed E-state index contributed by atoms with van der Waals surface area (Å²) in [5.74, 6) is 6.50. The maximum absolute atomic E-state index is 5.80. The lowest BCUT2D eigenvalue weighted by atomic mass is 9.79. The van der Waals surface area contributed by atoms with E-state index in [9.17, 15) is 0 Å². The Morgan fingerprint density at radius 3 is 2.81 bits per heavy atom. The summed E-state index contributed by atoms with van der Waals surface area (Å²) in [6.45, 7) is 2.27. The second-order valence-electron chi connectivity index (χ2n) is 6.59. The molecule has 2 heteroatoms. The number of aryl methyl sites for hydroxylation is 1. The molecule has 0 radical (unpaired) electrons. The molecule has 1 aliphatic rings. The van der Waals surface area contributed by atoms with E-state index in [1.807, 2.05) is 0 Å². The standard InChI is InChI=1S/C19H32N2/c1-2-3-4-5-6-13-18(21-20)15-17-12-9-11-16-10-7-8-14-19(16)17/h7-8,10,14,17-18,21H,2-6,9,11-13,15,20H2,1H3. The normalized spacial score (nSPS) is 19.2. The quantitative estimate of drug-likeness (QED) is 0.393. The second-order valence-corrected chi connectivity index (χ2v) is 6.59. The first-order valence-electron chi connectivity index (χ1n) is 8.89. The Kier molecular flexibility index (Phi) is 7.25. The first kappa shape index (κ1) is 16.5. The van der Waals surface area contributed by atoms with Gasteiger partial charge in [-0.05, 0) is 49.1 Å². The van der Waals surface area contributed by atoms with Crippen molar-refractivity contribution in [3.05, 3.63) is 35.4 Å². The van der Waals surface area contributed by atoms with Crippen molar-refractivity contribution in [1.82, 2.24) is 5.43 Å². The summed E-state index contributed by atoms with van der Waals surface area (Å²) in [6.07, 6.45) is 13.1. The van der Waals surface area contributed by atoms with Crippen molar-refractivity contribution in [3.8, 4) is 0 Å². The first-order valence-corrected chi connectivity index (χ1v) is 8.89. The molecule has 2 nitrogen and oxygen atoms in total. The summed E-state index contributed by atoms with van der Waals surface area (Å²) in [4.78, 5) is 0.